The minimum atomic E-state index is -0.408. The van der Waals surface area contributed by atoms with Gasteiger partial charge in [-0.3, -0.25) is 0 Å². The van der Waals surface area contributed by atoms with Gasteiger partial charge in [0.1, 0.15) is 7.05 Å². The lowest BCUT2D eigenvalue weighted by Crippen LogP contribution is -2.32. The van der Waals surface area contributed by atoms with Gasteiger partial charge < -0.3 is 4.85 Å². The molecule has 0 bridgehead atoms. The van der Waals surface area contributed by atoms with E-state index in [0.29, 0.717) is 0 Å². The SMILES string of the molecule is [C-]#[N+]C(C)(C)Cc1ccc2cc3c4c([n+](C)ccc4c2c1)-c1c(c(CC(C)(C)C)c2ccc(CC(C)(C)C)cc2c1C)S3. The summed E-state index contributed by atoms with van der Waals surface area (Å²) in [6.45, 7) is 28.1. The molecule has 43 heavy (non-hydrogen) atoms. The van der Waals surface area contributed by atoms with Gasteiger partial charge >= 0.3 is 0 Å². The highest BCUT2D eigenvalue weighted by Gasteiger charge is 2.33. The smallest absolute Gasteiger partial charge is 0.231 e. The molecule has 0 saturated carbocycles. The molecule has 0 N–H and O–H groups in total. The second kappa shape index (κ2) is 10.1. The topological polar surface area (TPSA) is 8.24 Å². The monoisotopic (exact) mass is 585 g/mol. The summed E-state index contributed by atoms with van der Waals surface area (Å²) in [5.41, 5.74) is 8.21. The van der Waals surface area contributed by atoms with Crippen molar-refractivity contribution in [3.63, 3.8) is 0 Å². The zero-order valence-electron chi connectivity index (χ0n) is 27.6. The van der Waals surface area contributed by atoms with Crippen LogP contribution >= 0.6 is 11.8 Å². The number of rotatable bonds is 4. The molecule has 0 aliphatic carbocycles. The minimum absolute atomic E-state index is 0.161. The molecule has 0 amide bonds. The Balaban J connectivity index is 1.68. The van der Waals surface area contributed by atoms with Gasteiger partial charge in [-0.2, -0.15) is 0 Å². The molecule has 220 valence electrons. The van der Waals surface area contributed by atoms with Crippen LogP contribution in [0.5, 0.6) is 0 Å². The van der Waals surface area contributed by atoms with E-state index in [0.717, 1.165) is 19.3 Å². The molecule has 0 spiro atoms. The average molecular weight is 586 g/mol. The van der Waals surface area contributed by atoms with E-state index < -0.39 is 5.54 Å². The summed E-state index contributed by atoms with van der Waals surface area (Å²) in [6.07, 6.45) is 5.09. The molecule has 5 aromatic rings. The van der Waals surface area contributed by atoms with Gasteiger partial charge in [0.15, 0.2) is 6.20 Å². The Morgan fingerprint density at radius 2 is 1.40 bits per heavy atom. The molecule has 0 saturated heterocycles. The van der Waals surface area contributed by atoms with E-state index in [-0.39, 0.29) is 10.8 Å². The van der Waals surface area contributed by atoms with Crippen LogP contribution in [0, 0.1) is 24.3 Å². The van der Waals surface area contributed by atoms with Gasteiger partial charge in [0.25, 0.3) is 0 Å². The van der Waals surface area contributed by atoms with Crippen LogP contribution in [0.2, 0.25) is 0 Å². The molecule has 4 aromatic carbocycles. The van der Waals surface area contributed by atoms with E-state index >= 15 is 0 Å². The third-order valence-electron chi connectivity index (χ3n) is 8.78. The lowest BCUT2D eigenvalue weighted by atomic mass is 9.81. The molecule has 1 aliphatic heterocycles. The summed E-state index contributed by atoms with van der Waals surface area (Å²) >= 11 is 1.97. The lowest BCUT2D eigenvalue weighted by molar-refractivity contribution is -0.659. The summed E-state index contributed by atoms with van der Waals surface area (Å²) < 4.78 is 2.35. The van der Waals surface area contributed by atoms with Crippen LogP contribution < -0.4 is 4.57 Å². The Kier molecular flexibility index (Phi) is 6.98. The van der Waals surface area contributed by atoms with Gasteiger partial charge in [0.05, 0.1) is 17.4 Å². The first kappa shape index (κ1) is 29.7. The predicted molar refractivity (Wildman–Crippen MR) is 185 cm³/mol. The summed E-state index contributed by atoms with van der Waals surface area (Å²) in [4.78, 5) is 6.65. The molecule has 1 aliphatic rings. The van der Waals surface area contributed by atoms with Crippen molar-refractivity contribution >= 4 is 44.1 Å². The molecule has 0 atom stereocenters. The van der Waals surface area contributed by atoms with E-state index in [4.69, 9.17) is 6.57 Å². The number of hydrogen-bond donors (Lipinski definition) is 0. The van der Waals surface area contributed by atoms with Gasteiger partial charge in [0, 0.05) is 35.1 Å². The molecule has 0 radical (unpaired) electrons. The molecule has 2 nitrogen and oxygen atoms in total. The average Bonchev–Trinajstić information content (AvgIpc) is 2.90. The highest BCUT2D eigenvalue weighted by atomic mass is 32.2. The van der Waals surface area contributed by atoms with Crippen molar-refractivity contribution in [3.05, 3.63) is 88.4 Å². The fourth-order valence-electron chi connectivity index (χ4n) is 7.01. The van der Waals surface area contributed by atoms with Gasteiger partial charge in [-0.1, -0.05) is 89.7 Å². The quantitative estimate of drug-likeness (QED) is 0.113. The number of nitrogens with zero attached hydrogens (tertiary/aromatic N) is 2. The number of aryl methyl sites for hydroxylation is 2. The van der Waals surface area contributed by atoms with Crippen LogP contribution in [0.1, 0.15) is 77.6 Å². The highest BCUT2D eigenvalue weighted by molar-refractivity contribution is 8.00. The fourth-order valence-corrected chi connectivity index (χ4v) is 8.38. The molecule has 1 aromatic heterocycles. The van der Waals surface area contributed by atoms with Crippen LogP contribution in [0.25, 0.3) is 48.4 Å². The summed E-state index contributed by atoms with van der Waals surface area (Å²) in [5, 5.41) is 8.01. The van der Waals surface area contributed by atoms with Crippen LogP contribution in [-0.2, 0) is 26.3 Å². The van der Waals surface area contributed by atoms with E-state index in [1.807, 2.05) is 25.6 Å². The number of pyridine rings is 1. The van der Waals surface area contributed by atoms with Gasteiger partial charge in [-0.05, 0) is 80.5 Å². The lowest BCUT2D eigenvalue weighted by Gasteiger charge is -2.28. The van der Waals surface area contributed by atoms with Gasteiger partial charge in [-0.15, -0.1) is 0 Å². The first-order valence-corrected chi connectivity index (χ1v) is 16.4. The zero-order valence-corrected chi connectivity index (χ0v) is 28.4. The molecular formula is C40H45N2S+. The van der Waals surface area contributed by atoms with Gasteiger partial charge in [0.2, 0.25) is 11.2 Å². The predicted octanol–water partition coefficient (Wildman–Crippen LogP) is 10.8. The number of aromatic nitrogens is 1. The molecule has 2 heterocycles. The Morgan fingerprint density at radius 3 is 2.07 bits per heavy atom. The Bertz CT molecular complexity index is 1990. The van der Waals surface area contributed by atoms with Crippen molar-refractivity contribution in [1.82, 2.24) is 0 Å². The summed E-state index contributed by atoms with van der Waals surface area (Å²) in [5.74, 6) is 0. The van der Waals surface area contributed by atoms with E-state index in [1.165, 1.54) is 75.6 Å². The second-order valence-corrected chi connectivity index (χ2v) is 16.9. The van der Waals surface area contributed by atoms with Crippen LogP contribution in [0.4, 0.5) is 0 Å². The van der Waals surface area contributed by atoms with Crippen LogP contribution in [-0.4, -0.2) is 5.54 Å². The molecule has 0 unspecified atom stereocenters. The van der Waals surface area contributed by atoms with Crippen molar-refractivity contribution in [2.75, 3.05) is 0 Å². The zero-order chi connectivity index (χ0) is 31.1. The summed E-state index contributed by atoms with van der Waals surface area (Å²) in [6, 6.07) is 18.8. The number of fused-ring (bicyclic) bond motifs is 5. The first-order chi connectivity index (χ1) is 20.0. The maximum atomic E-state index is 7.65. The third kappa shape index (κ3) is 5.44. The highest BCUT2D eigenvalue weighted by Crippen LogP contribution is 2.53. The second-order valence-electron chi connectivity index (χ2n) is 15.9. The molecule has 3 heteroatoms. The maximum absolute atomic E-state index is 7.65. The van der Waals surface area contributed by atoms with Crippen LogP contribution in [0.15, 0.2) is 64.5 Å². The molecule has 0 fully saturated rings. The normalized spacial score (nSPS) is 13.5. The Morgan fingerprint density at radius 1 is 0.744 bits per heavy atom. The first-order valence-electron chi connectivity index (χ1n) is 15.6. The standard InChI is InChI=1S/C40H45N2S/c1-24-30-18-25(21-38(2,3)4)13-15-28(30)32(23-39(5,6)7)37-34(24)36-35-29(16-17-42(36)11)31-19-26(22-40(8,9)41-10)12-14-27(31)20-33(35)43-37/h12-20H,21-23H2,1-9,11H3/q+1. The van der Waals surface area contributed by atoms with Crippen molar-refractivity contribution in [2.45, 2.75) is 96.9 Å². The van der Waals surface area contributed by atoms with Crippen molar-refractivity contribution in [3.8, 4) is 11.3 Å². The van der Waals surface area contributed by atoms with Gasteiger partial charge in [-0.25, -0.2) is 11.1 Å². The number of hydrogen-bond acceptors (Lipinski definition) is 1. The Labute approximate surface area is 262 Å². The maximum Gasteiger partial charge on any atom is 0.231 e. The van der Waals surface area contributed by atoms with Crippen molar-refractivity contribution in [1.29, 1.82) is 0 Å². The summed E-state index contributed by atoms with van der Waals surface area (Å²) in [7, 11) is 2.21. The molecular weight excluding hydrogens is 541 g/mol. The number of benzene rings is 4. The Hall–Kier alpha value is -3.35. The van der Waals surface area contributed by atoms with E-state index in [9.17, 15) is 0 Å². The third-order valence-corrected chi connectivity index (χ3v) is 9.98. The van der Waals surface area contributed by atoms with E-state index in [1.54, 1.807) is 0 Å². The largest absolute Gasteiger partial charge is 0.311 e. The fraction of sp³-hybridized carbons (Fsp3) is 0.400. The van der Waals surface area contributed by atoms with E-state index in [2.05, 4.69) is 120 Å². The van der Waals surface area contributed by atoms with Crippen LogP contribution in [0.3, 0.4) is 0 Å². The minimum Gasteiger partial charge on any atom is -0.311 e. The molecule has 6 rings (SSSR count). The van der Waals surface area contributed by atoms with Crippen molar-refractivity contribution in [2.24, 2.45) is 17.9 Å². The van der Waals surface area contributed by atoms with Crippen molar-refractivity contribution < 1.29 is 4.57 Å².